The molecule has 0 aromatic carbocycles. The first-order valence-corrected chi connectivity index (χ1v) is 25.4. The van der Waals surface area contributed by atoms with Gasteiger partial charge < -0.3 is 0 Å². The van der Waals surface area contributed by atoms with Gasteiger partial charge in [-0.05, 0) is 0 Å². The SMILES string of the molecule is CCC[CH2][Sn]([CH2]CCC)([CH2]CCC)[c]1ccc(C2=CC=C([Si](C)(C)C(C)(C)C)S2(=O)=O)s1. The number of allylic oxidation sites excluding steroid dienone is 2. The van der Waals surface area contributed by atoms with Crippen LogP contribution in [0, 0.1) is 0 Å². The van der Waals surface area contributed by atoms with E-state index in [2.05, 4.69) is 66.8 Å². The van der Waals surface area contributed by atoms with Gasteiger partial charge in [-0.3, -0.25) is 0 Å². The number of sulfone groups is 1. The third-order valence-electron chi connectivity index (χ3n) is 7.85. The Hall–Kier alpha value is 0.146. The van der Waals surface area contributed by atoms with Gasteiger partial charge >= 0.3 is 209 Å². The zero-order chi connectivity index (χ0) is 24.2. The Kier molecular flexibility index (Phi) is 9.98. The molecule has 2 nitrogen and oxygen atoms in total. The number of unbranched alkanes of at least 4 members (excludes halogenated alkanes) is 3. The Morgan fingerprint density at radius 3 is 1.81 bits per heavy atom. The third-order valence-corrected chi connectivity index (χ3v) is 36.5. The number of hydrogen-bond acceptors (Lipinski definition) is 3. The molecule has 0 saturated carbocycles. The summed E-state index contributed by atoms with van der Waals surface area (Å²) in [4.78, 5) is 1.55. The predicted octanol–water partition coefficient (Wildman–Crippen LogP) is 8.51. The van der Waals surface area contributed by atoms with E-state index in [1.807, 2.05) is 23.5 Å². The van der Waals surface area contributed by atoms with E-state index in [9.17, 15) is 8.42 Å². The summed E-state index contributed by atoms with van der Waals surface area (Å²) >= 11 is -0.691. The van der Waals surface area contributed by atoms with Crippen LogP contribution in [0.3, 0.4) is 0 Å². The van der Waals surface area contributed by atoms with Gasteiger partial charge in [0.1, 0.15) is 0 Å². The van der Waals surface area contributed by atoms with E-state index in [1.165, 1.54) is 51.8 Å². The summed E-state index contributed by atoms with van der Waals surface area (Å²) in [5.41, 5.74) is 0. The van der Waals surface area contributed by atoms with Crippen LogP contribution in [-0.4, -0.2) is 34.9 Å². The Balaban J connectivity index is 2.43. The zero-order valence-electron chi connectivity index (χ0n) is 21.8. The van der Waals surface area contributed by atoms with Gasteiger partial charge in [0.2, 0.25) is 0 Å². The molecule has 2 heterocycles. The normalized spacial score (nSPS) is 16.9. The molecule has 6 heteroatoms. The maximum absolute atomic E-state index is 13.7. The van der Waals surface area contributed by atoms with E-state index in [0.717, 1.165) is 4.88 Å². The van der Waals surface area contributed by atoms with Crippen LogP contribution < -0.4 is 2.89 Å². The summed E-state index contributed by atoms with van der Waals surface area (Å²) in [5.74, 6) is 0. The van der Waals surface area contributed by atoms with Gasteiger partial charge in [0.15, 0.2) is 0 Å². The first-order chi connectivity index (χ1) is 14.9. The first kappa shape index (κ1) is 28.4. The molecule has 0 unspecified atom stereocenters. The molecule has 0 atom stereocenters. The fraction of sp³-hybridized carbons (Fsp3) is 0.692. The average Bonchev–Trinajstić information content (AvgIpc) is 3.31. The van der Waals surface area contributed by atoms with Crippen molar-refractivity contribution in [2.24, 2.45) is 0 Å². The van der Waals surface area contributed by atoms with Crippen LogP contribution in [0.25, 0.3) is 4.91 Å². The Labute approximate surface area is 207 Å². The molecule has 0 saturated heterocycles. The summed E-state index contributed by atoms with van der Waals surface area (Å²) in [6.07, 6.45) is 11.6. The Morgan fingerprint density at radius 1 is 0.875 bits per heavy atom. The van der Waals surface area contributed by atoms with Crippen molar-refractivity contribution < 1.29 is 8.42 Å². The van der Waals surface area contributed by atoms with Crippen LogP contribution in [-0.2, 0) is 9.84 Å². The molecular weight excluding hydrogens is 555 g/mol. The van der Waals surface area contributed by atoms with E-state index in [-0.39, 0.29) is 5.04 Å². The van der Waals surface area contributed by atoms with Crippen LogP contribution in [0.1, 0.15) is 84.9 Å². The summed E-state index contributed by atoms with van der Waals surface area (Å²) in [6, 6.07) is 4.49. The molecule has 0 amide bonds. The minimum atomic E-state index is -3.39. The minimum absolute atomic E-state index is 0.00185. The van der Waals surface area contributed by atoms with Crippen LogP contribution in [0.15, 0.2) is 28.8 Å². The number of thiophene rings is 1. The van der Waals surface area contributed by atoms with Gasteiger partial charge in [-0.2, -0.15) is 0 Å². The maximum atomic E-state index is 13.7. The van der Waals surface area contributed by atoms with E-state index in [1.54, 1.807) is 2.89 Å². The third kappa shape index (κ3) is 5.85. The van der Waals surface area contributed by atoms with Crippen molar-refractivity contribution in [1.82, 2.24) is 0 Å². The molecule has 0 spiro atoms. The summed E-state index contributed by atoms with van der Waals surface area (Å²) < 4.78 is 34.0. The van der Waals surface area contributed by atoms with Gasteiger partial charge in [-0.25, -0.2) is 0 Å². The van der Waals surface area contributed by atoms with Gasteiger partial charge in [0.05, 0.1) is 0 Å². The van der Waals surface area contributed by atoms with Crippen molar-refractivity contribution in [3.05, 3.63) is 33.7 Å². The molecule has 1 aromatic rings. The van der Waals surface area contributed by atoms with Crippen molar-refractivity contribution in [3.63, 3.8) is 0 Å². The van der Waals surface area contributed by atoms with Crippen LogP contribution in [0.5, 0.6) is 0 Å². The van der Waals surface area contributed by atoms with Crippen molar-refractivity contribution in [2.75, 3.05) is 0 Å². The first-order valence-electron chi connectivity index (χ1n) is 12.7. The van der Waals surface area contributed by atoms with Gasteiger partial charge in [0, 0.05) is 0 Å². The monoisotopic (exact) mass is 602 g/mol. The van der Waals surface area contributed by atoms with Crippen LogP contribution >= 0.6 is 11.3 Å². The molecule has 0 bridgehead atoms. The van der Waals surface area contributed by atoms with Crippen molar-refractivity contribution >= 4 is 55.4 Å². The molecule has 32 heavy (non-hydrogen) atoms. The van der Waals surface area contributed by atoms with Crippen molar-refractivity contribution in [1.29, 1.82) is 0 Å². The fourth-order valence-corrected chi connectivity index (χ4v) is 31.4. The van der Waals surface area contributed by atoms with E-state index in [0.29, 0.717) is 9.43 Å². The average molecular weight is 602 g/mol. The van der Waals surface area contributed by atoms with Gasteiger partial charge in [0.25, 0.3) is 0 Å². The summed E-state index contributed by atoms with van der Waals surface area (Å²) in [7, 11) is -5.51. The number of hydrogen-bond donors (Lipinski definition) is 0. The van der Waals surface area contributed by atoms with Crippen molar-refractivity contribution in [2.45, 2.75) is 112 Å². The Bertz CT molecular complexity index is 911. The molecule has 1 aromatic heterocycles. The molecule has 0 fully saturated rings. The van der Waals surface area contributed by atoms with Crippen molar-refractivity contribution in [3.8, 4) is 0 Å². The van der Waals surface area contributed by atoms with Crippen LogP contribution in [0.4, 0.5) is 0 Å². The molecular formula is C26H46O2S2SiSn. The van der Waals surface area contributed by atoms with Gasteiger partial charge in [-0.1, -0.05) is 0 Å². The molecule has 182 valence electrons. The summed E-state index contributed by atoms with van der Waals surface area (Å²) in [6.45, 7) is 17.9. The zero-order valence-corrected chi connectivity index (χ0v) is 27.3. The molecule has 1 aliphatic rings. The Morgan fingerprint density at radius 2 is 1.38 bits per heavy atom. The molecule has 1 aliphatic heterocycles. The molecule has 0 aliphatic carbocycles. The second-order valence-corrected chi connectivity index (χ2v) is 34.0. The number of rotatable bonds is 12. The van der Waals surface area contributed by atoms with E-state index >= 15 is 0 Å². The quantitative estimate of drug-likeness (QED) is 0.225. The standard InChI is InChI=1S/C14H19O2S2Si.3C4H9.Sn/c1-14(2,3)19(4,5)13-9-8-12(18(13,15)16)11-7-6-10-17-11;3*1-3-4-2;/h6-9H,1-5H3;3*1,3-4H2,2H3;. The second kappa shape index (κ2) is 11.3. The topological polar surface area (TPSA) is 34.1 Å². The second-order valence-electron chi connectivity index (χ2n) is 11.2. The molecule has 2 rings (SSSR count). The molecule has 0 radical (unpaired) electrons. The van der Waals surface area contributed by atoms with Gasteiger partial charge in [-0.15, -0.1) is 0 Å². The summed E-state index contributed by atoms with van der Waals surface area (Å²) in [5, 5.41) is 0.00185. The fourth-order valence-electron chi connectivity index (χ4n) is 4.62. The molecule has 0 N–H and O–H groups in total. The van der Waals surface area contributed by atoms with Crippen LogP contribution in [0.2, 0.25) is 31.4 Å². The van der Waals surface area contributed by atoms with E-state index < -0.39 is 36.3 Å². The predicted molar refractivity (Wildman–Crippen MR) is 151 cm³/mol. The van der Waals surface area contributed by atoms with E-state index in [4.69, 9.17) is 0 Å².